The summed E-state index contributed by atoms with van der Waals surface area (Å²) in [7, 11) is 0. The smallest absolute Gasteiger partial charge is 0.320 e. The van der Waals surface area contributed by atoms with E-state index in [1.165, 1.54) is 0 Å². The van der Waals surface area contributed by atoms with E-state index in [1.807, 2.05) is 13.0 Å². The molecule has 2 amide bonds. The SMILES string of the molecule is CCCN(C(=O)N1CC=CCC1)C1COCC1C(=O)O. The van der Waals surface area contributed by atoms with Crippen molar-refractivity contribution in [2.24, 2.45) is 5.92 Å². The lowest BCUT2D eigenvalue weighted by Crippen LogP contribution is -2.52. The largest absolute Gasteiger partial charge is 0.481 e. The predicted octanol–water partition coefficient (Wildman–Crippen LogP) is 1.18. The zero-order chi connectivity index (χ0) is 14.5. The van der Waals surface area contributed by atoms with Gasteiger partial charge in [0.2, 0.25) is 0 Å². The van der Waals surface area contributed by atoms with Crippen LogP contribution in [0, 0.1) is 5.92 Å². The van der Waals surface area contributed by atoms with E-state index in [0.29, 0.717) is 26.2 Å². The summed E-state index contributed by atoms with van der Waals surface area (Å²) in [6, 6.07) is -0.427. The van der Waals surface area contributed by atoms with Crippen molar-refractivity contribution in [1.82, 2.24) is 9.80 Å². The fraction of sp³-hybridized carbons (Fsp3) is 0.714. The number of rotatable bonds is 4. The summed E-state index contributed by atoms with van der Waals surface area (Å²) in [5.41, 5.74) is 0. The first-order valence-electron chi connectivity index (χ1n) is 7.16. The maximum atomic E-state index is 12.6. The molecule has 0 aromatic carbocycles. The summed E-state index contributed by atoms with van der Waals surface area (Å²) in [4.78, 5) is 27.3. The van der Waals surface area contributed by atoms with Gasteiger partial charge in [-0.15, -0.1) is 0 Å². The molecule has 1 saturated heterocycles. The molecule has 0 bridgehead atoms. The van der Waals surface area contributed by atoms with Crippen molar-refractivity contribution in [3.8, 4) is 0 Å². The molecule has 0 spiro atoms. The van der Waals surface area contributed by atoms with E-state index in [0.717, 1.165) is 12.8 Å². The molecular weight excluding hydrogens is 260 g/mol. The molecule has 0 aliphatic carbocycles. The zero-order valence-corrected chi connectivity index (χ0v) is 11.8. The molecular formula is C14H22N2O4. The maximum Gasteiger partial charge on any atom is 0.320 e. The number of hydrogen-bond acceptors (Lipinski definition) is 3. The van der Waals surface area contributed by atoms with E-state index < -0.39 is 11.9 Å². The van der Waals surface area contributed by atoms with Gasteiger partial charge in [0.15, 0.2) is 0 Å². The van der Waals surface area contributed by atoms with Crippen LogP contribution in [0.3, 0.4) is 0 Å². The van der Waals surface area contributed by atoms with Gasteiger partial charge in [-0.3, -0.25) is 4.79 Å². The molecule has 2 unspecified atom stereocenters. The molecule has 2 heterocycles. The Bertz CT molecular complexity index is 397. The van der Waals surface area contributed by atoms with Gasteiger partial charge in [-0.25, -0.2) is 4.79 Å². The van der Waals surface area contributed by atoms with Crippen LogP contribution in [0.25, 0.3) is 0 Å². The van der Waals surface area contributed by atoms with Crippen molar-refractivity contribution in [1.29, 1.82) is 0 Å². The zero-order valence-electron chi connectivity index (χ0n) is 11.8. The lowest BCUT2D eigenvalue weighted by molar-refractivity contribution is -0.142. The summed E-state index contributed by atoms with van der Waals surface area (Å²) in [6.45, 7) is 4.35. The Balaban J connectivity index is 2.11. The lowest BCUT2D eigenvalue weighted by atomic mass is 10.0. The van der Waals surface area contributed by atoms with Gasteiger partial charge in [0.25, 0.3) is 0 Å². The second kappa shape index (κ2) is 6.74. The van der Waals surface area contributed by atoms with Crippen molar-refractivity contribution < 1.29 is 19.4 Å². The minimum atomic E-state index is -0.889. The lowest BCUT2D eigenvalue weighted by Gasteiger charge is -2.35. The average molecular weight is 282 g/mol. The normalized spacial score (nSPS) is 25.8. The Labute approximate surface area is 119 Å². The van der Waals surface area contributed by atoms with Gasteiger partial charge in [-0.1, -0.05) is 19.1 Å². The average Bonchev–Trinajstić information content (AvgIpc) is 2.94. The molecule has 6 nitrogen and oxygen atoms in total. The van der Waals surface area contributed by atoms with Gasteiger partial charge in [0.1, 0.15) is 5.92 Å². The Morgan fingerprint density at radius 3 is 2.80 bits per heavy atom. The number of amides is 2. The minimum Gasteiger partial charge on any atom is -0.481 e. The third-order valence-corrected chi connectivity index (χ3v) is 3.81. The quantitative estimate of drug-likeness (QED) is 0.786. The minimum absolute atomic E-state index is 0.0713. The van der Waals surface area contributed by atoms with Gasteiger partial charge in [0, 0.05) is 19.6 Å². The van der Waals surface area contributed by atoms with Crippen molar-refractivity contribution in [3.05, 3.63) is 12.2 Å². The van der Waals surface area contributed by atoms with Crippen LogP contribution < -0.4 is 0 Å². The number of hydrogen-bond donors (Lipinski definition) is 1. The van der Waals surface area contributed by atoms with Crippen LogP contribution in [-0.2, 0) is 9.53 Å². The fourth-order valence-electron chi connectivity index (χ4n) is 2.73. The first-order chi connectivity index (χ1) is 9.65. The van der Waals surface area contributed by atoms with E-state index >= 15 is 0 Å². The highest BCUT2D eigenvalue weighted by atomic mass is 16.5. The van der Waals surface area contributed by atoms with Gasteiger partial charge in [0.05, 0.1) is 19.3 Å². The molecule has 0 aromatic rings. The Hall–Kier alpha value is -1.56. The Morgan fingerprint density at radius 1 is 1.40 bits per heavy atom. The second-order valence-electron chi connectivity index (χ2n) is 5.23. The molecule has 112 valence electrons. The molecule has 2 atom stereocenters. The molecule has 0 radical (unpaired) electrons. The van der Waals surface area contributed by atoms with Crippen LogP contribution in [0.15, 0.2) is 12.2 Å². The number of urea groups is 1. The molecule has 0 aromatic heterocycles. The fourth-order valence-corrected chi connectivity index (χ4v) is 2.73. The molecule has 1 fully saturated rings. The maximum absolute atomic E-state index is 12.6. The van der Waals surface area contributed by atoms with E-state index in [4.69, 9.17) is 4.74 Å². The van der Waals surface area contributed by atoms with Crippen LogP contribution in [0.2, 0.25) is 0 Å². The first-order valence-corrected chi connectivity index (χ1v) is 7.16. The molecule has 0 saturated carbocycles. The number of carbonyl (C=O) groups is 2. The second-order valence-corrected chi connectivity index (χ2v) is 5.23. The standard InChI is InChI=1S/C14H22N2O4/c1-2-6-16(12-10-20-9-11(12)13(17)18)14(19)15-7-4-3-5-8-15/h3-4,11-12H,2,5-10H2,1H3,(H,17,18). The number of carboxylic acid groups (broad SMARTS) is 1. The number of nitrogens with zero attached hydrogens (tertiary/aromatic N) is 2. The summed E-state index contributed by atoms with van der Waals surface area (Å²) in [6.07, 6.45) is 5.70. The Morgan fingerprint density at radius 2 is 2.20 bits per heavy atom. The van der Waals surface area contributed by atoms with Crippen LogP contribution >= 0.6 is 0 Å². The summed E-state index contributed by atoms with van der Waals surface area (Å²) in [5.74, 6) is -1.51. The van der Waals surface area contributed by atoms with Crippen molar-refractivity contribution in [2.45, 2.75) is 25.8 Å². The van der Waals surface area contributed by atoms with Gasteiger partial charge in [-0.2, -0.15) is 0 Å². The highest BCUT2D eigenvalue weighted by molar-refractivity contribution is 5.77. The van der Waals surface area contributed by atoms with Crippen molar-refractivity contribution in [3.63, 3.8) is 0 Å². The van der Waals surface area contributed by atoms with Crippen LogP contribution in [-0.4, -0.2) is 65.8 Å². The molecule has 20 heavy (non-hydrogen) atoms. The van der Waals surface area contributed by atoms with E-state index in [-0.39, 0.29) is 18.7 Å². The number of ether oxygens (including phenoxy) is 1. The van der Waals surface area contributed by atoms with Crippen molar-refractivity contribution >= 4 is 12.0 Å². The number of aliphatic carboxylic acids is 1. The third-order valence-electron chi connectivity index (χ3n) is 3.81. The van der Waals surface area contributed by atoms with Gasteiger partial charge >= 0.3 is 12.0 Å². The molecule has 1 N–H and O–H groups in total. The van der Waals surface area contributed by atoms with E-state index in [9.17, 15) is 14.7 Å². The molecule has 2 aliphatic heterocycles. The van der Waals surface area contributed by atoms with Crippen LogP contribution in [0.5, 0.6) is 0 Å². The predicted molar refractivity (Wildman–Crippen MR) is 73.5 cm³/mol. The van der Waals surface area contributed by atoms with Gasteiger partial charge in [-0.05, 0) is 12.8 Å². The summed E-state index contributed by atoms with van der Waals surface area (Å²) < 4.78 is 5.29. The molecule has 6 heteroatoms. The summed E-state index contributed by atoms with van der Waals surface area (Å²) in [5, 5.41) is 9.25. The third kappa shape index (κ3) is 3.12. The van der Waals surface area contributed by atoms with E-state index in [2.05, 4.69) is 6.08 Å². The molecule has 2 rings (SSSR count). The highest BCUT2D eigenvalue weighted by Gasteiger charge is 2.40. The van der Waals surface area contributed by atoms with Crippen molar-refractivity contribution in [2.75, 3.05) is 32.8 Å². The summed E-state index contributed by atoms with van der Waals surface area (Å²) >= 11 is 0. The van der Waals surface area contributed by atoms with Crippen LogP contribution in [0.4, 0.5) is 4.79 Å². The number of carbonyl (C=O) groups excluding carboxylic acids is 1. The molecule has 2 aliphatic rings. The first kappa shape index (κ1) is 14.8. The van der Waals surface area contributed by atoms with Gasteiger partial charge < -0.3 is 19.6 Å². The van der Waals surface area contributed by atoms with E-state index in [1.54, 1.807) is 9.80 Å². The monoisotopic (exact) mass is 282 g/mol. The Kier molecular flexibility index (Phi) is 5.00. The van der Waals surface area contributed by atoms with Crippen LogP contribution in [0.1, 0.15) is 19.8 Å². The number of carboxylic acids is 1. The topological polar surface area (TPSA) is 70.1 Å². The highest BCUT2D eigenvalue weighted by Crippen LogP contribution is 2.22.